The highest BCUT2D eigenvalue weighted by Gasteiger charge is 2.14. The Kier molecular flexibility index (Phi) is 3.68. The second kappa shape index (κ2) is 4.79. The van der Waals surface area contributed by atoms with Crippen molar-refractivity contribution >= 4 is 5.97 Å². The molecule has 0 saturated carbocycles. The molecule has 0 aliphatic heterocycles. The molecule has 0 amide bonds. The van der Waals surface area contributed by atoms with Gasteiger partial charge >= 0.3 is 5.97 Å². The number of carbonyl (C=O) groups is 1. The van der Waals surface area contributed by atoms with E-state index in [2.05, 4.69) is 11.9 Å². The van der Waals surface area contributed by atoms with Crippen molar-refractivity contribution in [2.75, 3.05) is 0 Å². The predicted molar refractivity (Wildman–Crippen MR) is 56.9 cm³/mol. The summed E-state index contributed by atoms with van der Waals surface area (Å²) < 4.78 is 5.16. The summed E-state index contributed by atoms with van der Waals surface area (Å²) in [6.07, 6.45) is 1.78. The van der Waals surface area contributed by atoms with Gasteiger partial charge in [0.2, 0.25) is 5.76 Å². The van der Waals surface area contributed by atoms with Crippen LogP contribution in [-0.4, -0.2) is 17.1 Å². The van der Waals surface area contributed by atoms with Crippen LogP contribution in [0.3, 0.4) is 0 Å². The topological polar surface area (TPSA) is 62.5 Å². The molecule has 1 heterocycles. The quantitative estimate of drug-likeness (QED) is 0.730. The van der Waals surface area contributed by atoms with Crippen LogP contribution in [0.5, 0.6) is 0 Å². The van der Waals surface area contributed by atoms with Gasteiger partial charge in [0.15, 0.2) is 0 Å². The third kappa shape index (κ3) is 2.95. The maximum atomic E-state index is 10.6. The Balaban J connectivity index is 2.69. The van der Waals surface area contributed by atoms with Gasteiger partial charge in [0.1, 0.15) is 5.76 Å². The van der Waals surface area contributed by atoms with E-state index in [9.17, 15) is 4.79 Å². The van der Waals surface area contributed by atoms with Gasteiger partial charge in [0.05, 0.1) is 6.04 Å². The van der Waals surface area contributed by atoms with E-state index >= 15 is 0 Å². The molecular formula is C11H15NO3. The molecule has 2 atom stereocenters. The average Bonchev–Trinajstić information content (AvgIpc) is 2.66. The normalized spacial score (nSPS) is 14.5. The lowest BCUT2D eigenvalue weighted by molar-refractivity contribution is 0.0659. The zero-order valence-electron chi connectivity index (χ0n) is 8.86. The van der Waals surface area contributed by atoms with Gasteiger partial charge in [-0.1, -0.05) is 6.08 Å². The summed E-state index contributed by atoms with van der Waals surface area (Å²) in [5.74, 6) is -0.476. The lowest BCUT2D eigenvalue weighted by Gasteiger charge is -2.14. The summed E-state index contributed by atoms with van der Waals surface area (Å²) in [5.41, 5.74) is 0. The number of carboxylic acids is 1. The summed E-state index contributed by atoms with van der Waals surface area (Å²) in [5, 5.41) is 11.9. The van der Waals surface area contributed by atoms with Gasteiger partial charge < -0.3 is 14.8 Å². The largest absolute Gasteiger partial charge is 0.475 e. The zero-order chi connectivity index (χ0) is 11.4. The summed E-state index contributed by atoms with van der Waals surface area (Å²) in [6, 6.07) is 3.23. The second-order valence-electron chi connectivity index (χ2n) is 3.42. The van der Waals surface area contributed by atoms with Gasteiger partial charge in [0, 0.05) is 6.04 Å². The average molecular weight is 209 g/mol. The van der Waals surface area contributed by atoms with Crippen molar-refractivity contribution in [2.45, 2.75) is 25.9 Å². The highest BCUT2D eigenvalue weighted by molar-refractivity contribution is 5.84. The molecule has 1 aromatic heterocycles. The molecule has 0 aliphatic carbocycles. The number of furan rings is 1. The molecule has 82 valence electrons. The molecule has 0 fully saturated rings. The van der Waals surface area contributed by atoms with Crippen molar-refractivity contribution in [3.05, 3.63) is 36.3 Å². The van der Waals surface area contributed by atoms with Crippen LogP contribution in [0.1, 0.15) is 36.2 Å². The molecule has 1 rings (SSSR count). The minimum Gasteiger partial charge on any atom is -0.475 e. The van der Waals surface area contributed by atoms with Crippen LogP contribution in [0.2, 0.25) is 0 Å². The van der Waals surface area contributed by atoms with Crippen LogP contribution in [0.25, 0.3) is 0 Å². The standard InChI is InChI=1S/C11H15NO3/c1-4-7(2)12-8(3)9-5-6-10(15-9)11(13)14/h4-8,12H,1H2,2-3H3,(H,13,14). The van der Waals surface area contributed by atoms with Crippen LogP contribution >= 0.6 is 0 Å². The van der Waals surface area contributed by atoms with Gasteiger partial charge in [-0.15, -0.1) is 6.58 Å². The van der Waals surface area contributed by atoms with Gasteiger partial charge in [-0.25, -0.2) is 4.79 Å². The maximum absolute atomic E-state index is 10.6. The van der Waals surface area contributed by atoms with Crippen molar-refractivity contribution in [3.8, 4) is 0 Å². The fraction of sp³-hybridized carbons (Fsp3) is 0.364. The summed E-state index contributed by atoms with van der Waals surface area (Å²) >= 11 is 0. The Hall–Kier alpha value is -1.55. The van der Waals surface area contributed by atoms with Crippen LogP contribution in [0.15, 0.2) is 29.2 Å². The van der Waals surface area contributed by atoms with Gasteiger partial charge in [-0.2, -0.15) is 0 Å². The van der Waals surface area contributed by atoms with E-state index in [1.807, 2.05) is 13.8 Å². The number of hydrogen-bond donors (Lipinski definition) is 2. The molecule has 0 aromatic carbocycles. The molecule has 0 spiro atoms. The van der Waals surface area contributed by atoms with Crippen molar-refractivity contribution < 1.29 is 14.3 Å². The maximum Gasteiger partial charge on any atom is 0.371 e. The highest BCUT2D eigenvalue weighted by atomic mass is 16.4. The Morgan fingerprint density at radius 3 is 2.73 bits per heavy atom. The minimum absolute atomic E-state index is 0.0360. The molecule has 1 aromatic rings. The van der Waals surface area contributed by atoms with E-state index in [4.69, 9.17) is 9.52 Å². The third-order valence-corrected chi connectivity index (χ3v) is 2.13. The van der Waals surface area contributed by atoms with Crippen molar-refractivity contribution in [2.24, 2.45) is 0 Å². The van der Waals surface area contributed by atoms with Crippen molar-refractivity contribution in [1.82, 2.24) is 5.32 Å². The molecular weight excluding hydrogens is 194 g/mol. The first-order valence-electron chi connectivity index (χ1n) is 4.76. The predicted octanol–water partition coefficient (Wildman–Crippen LogP) is 2.20. The first kappa shape index (κ1) is 11.5. The summed E-state index contributed by atoms with van der Waals surface area (Å²) in [6.45, 7) is 7.52. The molecule has 15 heavy (non-hydrogen) atoms. The number of nitrogens with one attached hydrogen (secondary N) is 1. The van der Waals surface area contributed by atoms with Gasteiger partial charge in [-0.3, -0.25) is 0 Å². The highest BCUT2D eigenvalue weighted by Crippen LogP contribution is 2.16. The minimum atomic E-state index is -1.05. The number of aromatic carboxylic acids is 1. The van der Waals surface area contributed by atoms with Crippen LogP contribution in [-0.2, 0) is 0 Å². The van der Waals surface area contributed by atoms with E-state index < -0.39 is 5.97 Å². The van der Waals surface area contributed by atoms with Crippen LogP contribution in [0, 0.1) is 0 Å². The second-order valence-corrected chi connectivity index (χ2v) is 3.42. The van der Waals surface area contributed by atoms with Gasteiger partial charge in [-0.05, 0) is 26.0 Å². The van der Waals surface area contributed by atoms with E-state index in [0.717, 1.165) is 0 Å². The monoisotopic (exact) mass is 209 g/mol. The number of hydrogen-bond acceptors (Lipinski definition) is 3. The van der Waals surface area contributed by atoms with Crippen molar-refractivity contribution in [3.63, 3.8) is 0 Å². The summed E-state index contributed by atoms with van der Waals surface area (Å²) in [4.78, 5) is 10.6. The first-order chi connectivity index (χ1) is 7.04. The first-order valence-corrected chi connectivity index (χ1v) is 4.76. The lowest BCUT2D eigenvalue weighted by Crippen LogP contribution is -2.26. The number of rotatable bonds is 5. The Morgan fingerprint density at radius 2 is 2.27 bits per heavy atom. The fourth-order valence-corrected chi connectivity index (χ4v) is 1.25. The van der Waals surface area contributed by atoms with E-state index in [1.54, 1.807) is 12.1 Å². The Morgan fingerprint density at radius 1 is 1.60 bits per heavy atom. The molecule has 0 bridgehead atoms. The van der Waals surface area contributed by atoms with Crippen molar-refractivity contribution in [1.29, 1.82) is 0 Å². The molecule has 4 heteroatoms. The van der Waals surface area contributed by atoms with Gasteiger partial charge in [0.25, 0.3) is 0 Å². The van der Waals surface area contributed by atoms with E-state index in [1.165, 1.54) is 6.07 Å². The molecule has 4 nitrogen and oxygen atoms in total. The van der Waals surface area contributed by atoms with Crippen LogP contribution < -0.4 is 5.32 Å². The Labute approximate surface area is 88.6 Å². The summed E-state index contributed by atoms with van der Waals surface area (Å²) in [7, 11) is 0. The SMILES string of the molecule is C=CC(C)NC(C)c1ccc(C(=O)O)o1. The number of carboxylic acid groups (broad SMARTS) is 1. The molecule has 0 saturated heterocycles. The molecule has 2 unspecified atom stereocenters. The fourth-order valence-electron chi connectivity index (χ4n) is 1.25. The zero-order valence-corrected chi connectivity index (χ0v) is 8.86. The van der Waals surface area contributed by atoms with E-state index in [0.29, 0.717) is 5.76 Å². The Bertz CT molecular complexity index is 356. The molecule has 0 aliphatic rings. The smallest absolute Gasteiger partial charge is 0.371 e. The third-order valence-electron chi connectivity index (χ3n) is 2.13. The van der Waals surface area contributed by atoms with E-state index in [-0.39, 0.29) is 17.8 Å². The molecule has 0 radical (unpaired) electrons. The lowest BCUT2D eigenvalue weighted by atomic mass is 10.2. The van der Waals surface area contributed by atoms with Crippen LogP contribution in [0.4, 0.5) is 0 Å². The molecule has 2 N–H and O–H groups in total.